The summed E-state index contributed by atoms with van der Waals surface area (Å²) in [6.45, 7) is 1.85. The first kappa shape index (κ1) is 15.9. The summed E-state index contributed by atoms with van der Waals surface area (Å²) in [6.07, 6.45) is 0. The van der Waals surface area contributed by atoms with Crippen molar-refractivity contribution in [2.75, 3.05) is 21.3 Å². The Labute approximate surface area is 136 Å². The smallest absolute Gasteiger partial charge is 0.203 e. The van der Waals surface area contributed by atoms with E-state index in [0.29, 0.717) is 32.7 Å². The summed E-state index contributed by atoms with van der Waals surface area (Å²) in [6, 6.07) is 3.56. The molecule has 0 aliphatic rings. The highest BCUT2D eigenvalue weighted by Crippen LogP contribution is 2.41. The van der Waals surface area contributed by atoms with Gasteiger partial charge in [0.1, 0.15) is 5.15 Å². The zero-order chi connectivity index (χ0) is 15.6. The summed E-state index contributed by atoms with van der Waals surface area (Å²) < 4.78 is 16.6. The largest absolute Gasteiger partial charge is 0.493 e. The number of nitrogens with zero attached hydrogens (tertiary/aromatic N) is 2. The lowest BCUT2D eigenvalue weighted by atomic mass is 10.1. The van der Waals surface area contributed by atoms with Crippen LogP contribution in [0.25, 0.3) is 11.4 Å². The zero-order valence-corrected chi connectivity index (χ0v) is 14.4. The third-order valence-electron chi connectivity index (χ3n) is 2.90. The summed E-state index contributed by atoms with van der Waals surface area (Å²) >= 11 is 9.43. The summed E-state index contributed by atoms with van der Waals surface area (Å²) in [4.78, 5) is 8.68. The minimum Gasteiger partial charge on any atom is -0.493 e. The van der Waals surface area contributed by atoms with E-state index in [1.165, 1.54) is 0 Å². The van der Waals surface area contributed by atoms with Gasteiger partial charge in [-0.25, -0.2) is 9.97 Å². The Morgan fingerprint density at radius 2 is 1.57 bits per heavy atom. The van der Waals surface area contributed by atoms with Crippen molar-refractivity contribution in [3.8, 4) is 28.6 Å². The quantitative estimate of drug-likeness (QED) is 0.761. The molecule has 0 aliphatic carbocycles. The maximum Gasteiger partial charge on any atom is 0.203 e. The summed E-state index contributed by atoms with van der Waals surface area (Å²) in [5, 5.41) is 0.353. The van der Waals surface area contributed by atoms with E-state index in [1.807, 2.05) is 6.92 Å². The van der Waals surface area contributed by atoms with Gasteiger partial charge >= 0.3 is 0 Å². The summed E-state index contributed by atoms with van der Waals surface area (Å²) in [5.74, 6) is 2.07. The van der Waals surface area contributed by atoms with Crippen LogP contribution < -0.4 is 14.2 Å². The second-order valence-electron chi connectivity index (χ2n) is 4.15. The maximum absolute atomic E-state index is 6.09. The number of benzene rings is 1. The second kappa shape index (κ2) is 6.49. The number of methoxy groups -OCH3 is 3. The van der Waals surface area contributed by atoms with Gasteiger partial charge in [-0.3, -0.25) is 0 Å². The fourth-order valence-electron chi connectivity index (χ4n) is 1.86. The van der Waals surface area contributed by atoms with Crippen molar-refractivity contribution in [1.82, 2.24) is 9.97 Å². The molecule has 0 saturated heterocycles. The molecular formula is C14H14BrClN2O3. The van der Waals surface area contributed by atoms with Crippen molar-refractivity contribution in [1.29, 1.82) is 0 Å². The van der Waals surface area contributed by atoms with Crippen molar-refractivity contribution in [2.24, 2.45) is 0 Å². The number of aryl methyl sites for hydroxylation is 1. The molecule has 0 bridgehead atoms. The topological polar surface area (TPSA) is 53.5 Å². The molecule has 112 valence electrons. The van der Waals surface area contributed by atoms with Crippen LogP contribution in [0.15, 0.2) is 16.6 Å². The Hall–Kier alpha value is -1.53. The molecule has 21 heavy (non-hydrogen) atoms. The van der Waals surface area contributed by atoms with Gasteiger partial charge in [0.05, 0.1) is 31.5 Å². The number of hydrogen-bond donors (Lipinski definition) is 0. The number of halogens is 2. The molecule has 5 nitrogen and oxygen atoms in total. The Kier molecular flexibility index (Phi) is 4.90. The van der Waals surface area contributed by atoms with Crippen molar-refractivity contribution >= 4 is 27.5 Å². The Balaban J connectivity index is 2.64. The van der Waals surface area contributed by atoms with Gasteiger partial charge in [-0.15, -0.1) is 0 Å². The van der Waals surface area contributed by atoms with Gasteiger partial charge in [0, 0.05) is 5.56 Å². The molecule has 1 aromatic heterocycles. The van der Waals surface area contributed by atoms with Gasteiger partial charge < -0.3 is 14.2 Å². The van der Waals surface area contributed by atoms with E-state index >= 15 is 0 Å². The molecule has 0 radical (unpaired) electrons. The fraction of sp³-hybridized carbons (Fsp3) is 0.286. The predicted molar refractivity (Wildman–Crippen MR) is 84.6 cm³/mol. The average molecular weight is 374 g/mol. The Bertz CT molecular complexity index is 631. The molecule has 0 aliphatic heterocycles. The molecule has 1 heterocycles. The van der Waals surface area contributed by atoms with Gasteiger partial charge in [0.2, 0.25) is 5.75 Å². The van der Waals surface area contributed by atoms with Crippen molar-refractivity contribution in [3.05, 3.63) is 27.5 Å². The van der Waals surface area contributed by atoms with E-state index in [-0.39, 0.29) is 0 Å². The molecule has 0 amide bonds. The van der Waals surface area contributed by atoms with E-state index < -0.39 is 0 Å². The first-order valence-corrected chi connectivity index (χ1v) is 7.19. The maximum atomic E-state index is 6.09. The van der Waals surface area contributed by atoms with E-state index in [1.54, 1.807) is 33.5 Å². The molecule has 0 spiro atoms. The highest BCUT2D eigenvalue weighted by molar-refractivity contribution is 9.10. The molecular weight excluding hydrogens is 360 g/mol. The van der Waals surface area contributed by atoms with Crippen molar-refractivity contribution in [2.45, 2.75) is 6.92 Å². The fourth-order valence-corrected chi connectivity index (χ4v) is 2.26. The molecule has 0 fully saturated rings. The van der Waals surface area contributed by atoms with Crippen LogP contribution in [-0.2, 0) is 0 Å². The Morgan fingerprint density at radius 1 is 1.00 bits per heavy atom. The SMILES string of the molecule is COc1cc(-c2nc(C)c(Br)c(Cl)n2)cc(OC)c1OC. The highest BCUT2D eigenvalue weighted by Gasteiger charge is 2.16. The third-order valence-corrected chi connectivity index (χ3v) is 4.35. The van der Waals surface area contributed by atoms with E-state index in [0.717, 1.165) is 11.3 Å². The van der Waals surface area contributed by atoms with Crippen LogP contribution in [0.5, 0.6) is 17.2 Å². The van der Waals surface area contributed by atoms with Crippen LogP contribution in [0.1, 0.15) is 5.69 Å². The van der Waals surface area contributed by atoms with Crippen LogP contribution in [0.2, 0.25) is 5.15 Å². The first-order valence-electron chi connectivity index (χ1n) is 6.01. The molecule has 0 atom stereocenters. The van der Waals surface area contributed by atoms with Gasteiger partial charge in [0.15, 0.2) is 17.3 Å². The number of aromatic nitrogens is 2. The van der Waals surface area contributed by atoms with Gasteiger partial charge in [0.25, 0.3) is 0 Å². The van der Waals surface area contributed by atoms with Crippen LogP contribution in [0, 0.1) is 6.92 Å². The molecule has 2 aromatic rings. The monoisotopic (exact) mass is 372 g/mol. The van der Waals surface area contributed by atoms with Crippen LogP contribution in [0.4, 0.5) is 0 Å². The molecule has 2 rings (SSSR count). The third kappa shape index (κ3) is 3.06. The number of hydrogen-bond acceptors (Lipinski definition) is 5. The van der Waals surface area contributed by atoms with Gasteiger partial charge in [-0.1, -0.05) is 11.6 Å². The molecule has 0 N–H and O–H groups in total. The van der Waals surface area contributed by atoms with Gasteiger partial charge in [-0.05, 0) is 35.0 Å². The first-order chi connectivity index (χ1) is 10.0. The van der Waals surface area contributed by atoms with E-state index in [9.17, 15) is 0 Å². The second-order valence-corrected chi connectivity index (χ2v) is 5.30. The Morgan fingerprint density at radius 3 is 2.00 bits per heavy atom. The van der Waals surface area contributed by atoms with Crippen LogP contribution in [0.3, 0.4) is 0 Å². The van der Waals surface area contributed by atoms with Crippen LogP contribution >= 0.6 is 27.5 Å². The number of ether oxygens (including phenoxy) is 3. The van der Waals surface area contributed by atoms with Crippen LogP contribution in [-0.4, -0.2) is 31.3 Å². The molecule has 0 saturated carbocycles. The lowest BCUT2D eigenvalue weighted by Gasteiger charge is -2.14. The van der Waals surface area contributed by atoms with Crippen molar-refractivity contribution < 1.29 is 14.2 Å². The molecule has 1 aromatic carbocycles. The number of rotatable bonds is 4. The van der Waals surface area contributed by atoms with E-state index in [2.05, 4.69) is 25.9 Å². The van der Waals surface area contributed by atoms with E-state index in [4.69, 9.17) is 25.8 Å². The average Bonchev–Trinajstić information content (AvgIpc) is 2.50. The predicted octanol–water partition coefficient (Wildman–Crippen LogP) is 3.89. The molecule has 7 heteroatoms. The normalized spacial score (nSPS) is 10.4. The lowest BCUT2D eigenvalue weighted by molar-refractivity contribution is 0.324. The summed E-state index contributed by atoms with van der Waals surface area (Å²) in [5.41, 5.74) is 1.47. The lowest BCUT2D eigenvalue weighted by Crippen LogP contribution is -1.98. The van der Waals surface area contributed by atoms with Crippen molar-refractivity contribution in [3.63, 3.8) is 0 Å². The minimum atomic E-state index is 0.353. The minimum absolute atomic E-state index is 0.353. The highest BCUT2D eigenvalue weighted by atomic mass is 79.9. The van der Waals surface area contributed by atoms with Gasteiger partial charge in [-0.2, -0.15) is 0 Å². The molecule has 0 unspecified atom stereocenters. The zero-order valence-electron chi connectivity index (χ0n) is 12.0. The summed E-state index contributed by atoms with van der Waals surface area (Å²) in [7, 11) is 4.67. The standard InChI is InChI=1S/C14H14BrClN2O3/c1-7-11(15)13(16)18-14(17-7)8-5-9(19-2)12(21-4)10(6-8)20-3/h5-6H,1-4H3.